The first-order valence-electron chi connectivity index (χ1n) is 6.84. The molecule has 7 heteroatoms. The van der Waals surface area contributed by atoms with E-state index in [0.29, 0.717) is 17.9 Å². The Hall–Kier alpha value is -2.02. The molecule has 0 aliphatic rings. The van der Waals surface area contributed by atoms with E-state index < -0.39 is 10.0 Å². The molecule has 0 saturated heterocycles. The molecular weight excluding hydrogens is 288 g/mol. The molecule has 2 aromatic rings. The highest BCUT2D eigenvalue weighted by Gasteiger charge is 2.10. The molecule has 114 valence electrons. The number of rotatable bonds is 6. The molecule has 0 unspecified atom stereocenters. The van der Waals surface area contributed by atoms with Crippen molar-refractivity contribution in [2.45, 2.75) is 26.7 Å². The van der Waals surface area contributed by atoms with Crippen molar-refractivity contribution in [3.05, 3.63) is 36.0 Å². The number of benzene rings is 1. The van der Waals surface area contributed by atoms with E-state index in [0.717, 1.165) is 17.8 Å². The lowest BCUT2D eigenvalue weighted by Gasteiger charge is -2.09. The van der Waals surface area contributed by atoms with Crippen LogP contribution < -0.4 is 10.5 Å². The second-order valence-electron chi connectivity index (χ2n) is 4.94. The van der Waals surface area contributed by atoms with Crippen molar-refractivity contribution in [1.82, 2.24) is 9.78 Å². The molecule has 0 atom stereocenters. The number of aromatic nitrogens is 2. The lowest BCUT2D eigenvalue weighted by molar-refractivity contribution is 0.598. The summed E-state index contributed by atoms with van der Waals surface area (Å²) in [4.78, 5) is 0. The van der Waals surface area contributed by atoms with Crippen molar-refractivity contribution in [2.24, 2.45) is 0 Å². The van der Waals surface area contributed by atoms with Crippen LogP contribution in [0.1, 0.15) is 25.5 Å². The lowest BCUT2D eigenvalue weighted by atomic mass is 10.3. The van der Waals surface area contributed by atoms with Gasteiger partial charge in [0.05, 0.1) is 17.1 Å². The highest BCUT2D eigenvalue weighted by atomic mass is 32.2. The van der Waals surface area contributed by atoms with Gasteiger partial charge in [0.1, 0.15) is 5.82 Å². The van der Waals surface area contributed by atoms with E-state index in [1.807, 2.05) is 13.8 Å². The van der Waals surface area contributed by atoms with Crippen molar-refractivity contribution in [2.75, 3.05) is 16.2 Å². The first kappa shape index (κ1) is 15.4. The Morgan fingerprint density at radius 3 is 2.48 bits per heavy atom. The molecule has 1 heterocycles. The topological polar surface area (TPSA) is 90.0 Å². The summed E-state index contributed by atoms with van der Waals surface area (Å²) in [6, 6.07) is 8.74. The van der Waals surface area contributed by atoms with Crippen LogP contribution in [0, 0.1) is 6.92 Å². The average molecular weight is 308 g/mol. The van der Waals surface area contributed by atoms with Gasteiger partial charge in [0.2, 0.25) is 10.0 Å². The summed E-state index contributed by atoms with van der Waals surface area (Å²) in [7, 11) is -3.28. The molecule has 0 spiro atoms. The summed E-state index contributed by atoms with van der Waals surface area (Å²) in [5.41, 5.74) is 8.02. The highest BCUT2D eigenvalue weighted by Crippen LogP contribution is 2.18. The zero-order chi connectivity index (χ0) is 15.5. The smallest absolute Gasteiger partial charge is 0.232 e. The first-order chi connectivity index (χ1) is 9.91. The van der Waals surface area contributed by atoms with Crippen LogP contribution in [0.4, 0.5) is 11.5 Å². The van der Waals surface area contributed by atoms with Gasteiger partial charge in [-0.15, -0.1) is 0 Å². The largest absolute Gasteiger partial charge is 0.384 e. The summed E-state index contributed by atoms with van der Waals surface area (Å²) in [6.45, 7) is 3.82. The molecule has 0 bridgehead atoms. The molecule has 0 amide bonds. The Morgan fingerprint density at radius 1 is 1.29 bits per heavy atom. The van der Waals surface area contributed by atoms with Gasteiger partial charge in [-0.2, -0.15) is 5.10 Å². The van der Waals surface area contributed by atoms with Gasteiger partial charge in [0.25, 0.3) is 0 Å². The second-order valence-corrected chi connectivity index (χ2v) is 6.79. The van der Waals surface area contributed by atoms with E-state index in [1.165, 1.54) is 0 Å². The fourth-order valence-corrected chi connectivity index (χ4v) is 3.23. The van der Waals surface area contributed by atoms with E-state index in [2.05, 4.69) is 9.82 Å². The Bertz CT molecular complexity index is 705. The van der Waals surface area contributed by atoms with Crippen LogP contribution in [0.15, 0.2) is 30.3 Å². The molecule has 0 aliphatic carbocycles. The fraction of sp³-hybridized carbons (Fsp3) is 0.357. The SMILES string of the molecule is CCCCS(=O)(=O)Nc1ccc(-n2nc(C)cc2N)cc1. The van der Waals surface area contributed by atoms with Gasteiger partial charge < -0.3 is 5.73 Å². The summed E-state index contributed by atoms with van der Waals surface area (Å²) in [6.07, 6.45) is 1.49. The molecule has 0 aliphatic heterocycles. The standard InChI is InChI=1S/C14H20N4O2S/c1-3-4-9-21(19,20)17-12-5-7-13(8-6-12)18-14(15)10-11(2)16-18/h5-8,10,17H,3-4,9,15H2,1-2H3. The molecule has 2 rings (SSSR count). The maximum atomic E-state index is 11.8. The van der Waals surface area contributed by atoms with Crippen LogP contribution in [0.2, 0.25) is 0 Å². The Labute approximate surface area is 125 Å². The molecule has 1 aromatic carbocycles. The molecular formula is C14H20N4O2S. The minimum absolute atomic E-state index is 0.135. The normalized spacial score (nSPS) is 11.5. The quantitative estimate of drug-likeness (QED) is 0.857. The van der Waals surface area contributed by atoms with Gasteiger partial charge in [0, 0.05) is 11.8 Å². The summed E-state index contributed by atoms with van der Waals surface area (Å²) in [5.74, 6) is 0.681. The average Bonchev–Trinajstić information content (AvgIpc) is 2.76. The van der Waals surface area contributed by atoms with E-state index >= 15 is 0 Å². The van der Waals surface area contributed by atoms with Crippen molar-refractivity contribution in [3.8, 4) is 5.69 Å². The second kappa shape index (κ2) is 6.17. The van der Waals surface area contributed by atoms with Crippen LogP contribution >= 0.6 is 0 Å². The number of nitrogens with zero attached hydrogens (tertiary/aromatic N) is 2. The van der Waals surface area contributed by atoms with Gasteiger partial charge in [-0.25, -0.2) is 13.1 Å². The van der Waals surface area contributed by atoms with Crippen LogP contribution in [0.5, 0.6) is 0 Å². The zero-order valence-electron chi connectivity index (χ0n) is 12.2. The van der Waals surface area contributed by atoms with Gasteiger partial charge in [0.15, 0.2) is 0 Å². The fourth-order valence-electron chi connectivity index (χ4n) is 1.96. The molecule has 1 aromatic heterocycles. The van der Waals surface area contributed by atoms with Crippen molar-refractivity contribution in [3.63, 3.8) is 0 Å². The summed E-state index contributed by atoms with van der Waals surface area (Å²) >= 11 is 0. The number of nitrogen functional groups attached to an aromatic ring is 1. The molecule has 0 radical (unpaired) electrons. The van der Waals surface area contributed by atoms with Crippen molar-refractivity contribution in [1.29, 1.82) is 0 Å². The summed E-state index contributed by atoms with van der Waals surface area (Å²) < 4.78 is 27.8. The van der Waals surface area contributed by atoms with Crippen molar-refractivity contribution >= 4 is 21.5 Å². The lowest BCUT2D eigenvalue weighted by Crippen LogP contribution is -2.16. The predicted octanol–water partition coefficient (Wildman–Crippen LogP) is 2.30. The molecule has 3 N–H and O–H groups in total. The number of unbranched alkanes of at least 4 members (excludes halogenated alkanes) is 1. The minimum atomic E-state index is -3.28. The molecule has 0 fully saturated rings. The van der Waals surface area contributed by atoms with Crippen molar-refractivity contribution < 1.29 is 8.42 Å². The molecule has 6 nitrogen and oxygen atoms in total. The maximum absolute atomic E-state index is 11.8. The minimum Gasteiger partial charge on any atom is -0.384 e. The zero-order valence-corrected chi connectivity index (χ0v) is 13.0. The van der Waals surface area contributed by atoms with Gasteiger partial charge in [-0.1, -0.05) is 13.3 Å². The Kier molecular flexibility index (Phi) is 4.52. The number of aryl methyl sites for hydroxylation is 1. The van der Waals surface area contributed by atoms with Crippen LogP contribution in [0.3, 0.4) is 0 Å². The molecule has 21 heavy (non-hydrogen) atoms. The van der Waals surface area contributed by atoms with E-state index in [-0.39, 0.29) is 5.75 Å². The van der Waals surface area contributed by atoms with Crippen LogP contribution in [0.25, 0.3) is 5.69 Å². The number of sulfonamides is 1. The van der Waals surface area contributed by atoms with Crippen LogP contribution in [-0.2, 0) is 10.0 Å². The Morgan fingerprint density at radius 2 is 1.95 bits per heavy atom. The van der Waals surface area contributed by atoms with Crippen LogP contribution in [-0.4, -0.2) is 24.0 Å². The van der Waals surface area contributed by atoms with E-state index in [1.54, 1.807) is 35.0 Å². The number of hydrogen-bond donors (Lipinski definition) is 2. The summed E-state index contributed by atoms with van der Waals surface area (Å²) in [5, 5.41) is 4.28. The number of anilines is 2. The third kappa shape index (κ3) is 3.98. The molecule has 0 saturated carbocycles. The highest BCUT2D eigenvalue weighted by molar-refractivity contribution is 7.92. The van der Waals surface area contributed by atoms with E-state index in [4.69, 9.17) is 5.73 Å². The van der Waals surface area contributed by atoms with Gasteiger partial charge in [-0.05, 0) is 37.6 Å². The maximum Gasteiger partial charge on any atom is 0.232 e. The third-order valence-corrected chi connectivity index (χ3v) is 4.38. The van der Waals surface area contributed by atoms with E-state index in [9.17, 15) is 8.42 Å². The number of hydrogen-bond acceptors (Lipinski definition) is 4. The monoisotopic (exact) mass is 308 g/mol. The number of nitrogens with two attached hydrogens (primary N) is 1. The number of nitrogens with one attached hydrogen (secondary N) is 1. The first-order valence-corrected chi connectivity index (χ1v) is 8.49. The third-order valence-electron chi connectivity index (χ3n) is 3.01. The van der Waals surface area contributed by atoms with Gasteiger partial charge in [-0.3, -0.25) is 4.72 Å². The Balaban J connectivity index is 2.14. The predicted molar refractivity (Wildman–Crippen MR) is 85.0 cm³/mol. The van der Waals surface area contributed by atoms with Gasteiger partial charge >= 0.3 is 0 Å².